The Morgan fingerprint density at radius 3 is 2.32 bits per heavy atom. The van der Waals surface area contributed by atoms with Crippen LogP contribution in [0.15, 0.2) is 48.5 Å². The molecule has 0 aliphatic heterocycles. The second kappa shape index (κ2) is 6.05. The Kier molecular flexibility index (Phi) is 4.18. The second-order valence-electron chi connectivity index (χ2n) is 4.44. The summed E-state index contributed by atoms with van der Waals surface area (Å²) in [6.07, 6.45) is 0.0545. The highest BCUT2D eigenvalue weighted by atomic mass is 16.5. The van der Waals surface area contributed by atoms with Crippen LogP contribution in [0.25, 0.3) is 0 Å². The van der Waals surface area contributed by atoms with Gasteiger partial charge in [0.05, 0.1) is 6.42 Å². The SMILES string of the molecule is Cc1ccccc1OCc1ccc(CC(=O)O)cc1. The van der Waals surface area contributed by atoms with Crippen LogP contribution in [-0.2, 0) is 17.8 Å². The maximum absolute atomic E-state index is 10.6. The smallest absolute Gasteiger partial charge is 0.307 e. The largest absolute Gasteiger partial charge is 0.489 e. The van der Waals surface area contributed by atoms with Gasteiger partial charge in [0.2, 0.25) is 0 Å². The maximum atomic E-state index is 10.6. The lowest BCUT2D eigenvalue weighted by atomic mass is 10.1. The highest BCUT2D eigenvalue weighted by molar-refractivity contribution is 5.70. The van der Waals surface area contributed by atoms with Gasteiger partial charge in [0.1, 0.15) is 12.4 Å². The van der Waals surface area contributed by atoms with E-state index in [-0.39, 0.29) is 6.42 Å². The van der Waals surface area contributed by atoms with Crippen molar-refractivity contribution in [3.63, 3.8) is 0 Å². The Morgan fingerprint density at radius 2 is 1.68 bits per heavy atom. The number of carboxylic acid groups (broad SMARTS) is 1. The molecule has 0 fully saturated rings. The van der Waals surface area contributed by atoms with Crippen molar-refractivity contribution in [2.45, 2.75) is 20.0 Å². The number of ether oxygens (including phenoxy) is 1. The molecule has 1 N–H and O–H groups in total. The quantitative estimate of drug-likeness (QED) is 0.893. The lowest BCUT2D eigenvalue weighted by molar-refractivity contribution is -0.136. The Bertz CT molecular complexity index is 558. The molecule has 0 aliphatic carbocycles. The lowest BCUT2D eigenvalue weighted by Crippen LogP contribution is -2.01. The van der Waals surface area contributed by atoms with E-state index in [2.05, 4.69) is 0 Å². The number of para-hydroxylation sites is 1. The molecule has 3 heteroatoms. The van der Waals surface area contributed by atoms with Crippen molar-refractivity contribution in [1.29, 1.82) is 0 Å². The molecule has 2 aromatic rings. The minimum Gasteiger partial charge on any atom is -0.489 e. The Hall–Kier alpha value is -2.29. The summed E-state index contributed by atoms with van der Waals surface area (Å²) in [6, 6.07) is 15.3. The van der Waals surface area contributed by atoms with Gasteiger partial charge in [-0.3, -0.25) is 4.79 Å². The normalized spacial score (nSPS) is 10.2. The fourth-order valence-electron chi connectivity index (χ4n) is 1.81. The zero-order chi connectivity index (χ0) is 13.7. The van der Waals surface area contributed by atoms with E-state index in [1.165, 1.54) is 0 Å². The molecular formula is C16H16O3. The van der Waals surface area contributed by atoms with E-state index in [0.717, 1.165) is 22.4 Å². The summed E-state index contributed by atoms with van der Waals surface area (Å²) in [6.45, 7) is 2.49. The van der Waals surface area contributed by atoms with Crippen LogP contribution in [0.2, 0.25) is 0 Å². The van der Waals surface area contributed by atoms with E-state index in [0.29, 0.717) is 6.61 Å². The summed E-state index contributed by atoms with van der Waals surface area (Å²) in [7, 11) is 0. The van der Waals surface area contributed by atoms with Gasteiger partial charge in [-0.05, 0) is 29.7 Å². The van der Waals surface area contributed by atoms with Crippen molar-refractivity contribution in [3.05, 3.63) is 65.2 Å². The molecule has 0 aromatic heterocycles. The van der Waals surface area contributed by atoms with Crippen molar-refractivity contribution in [1.82, 2.24) is 0 Å². The molecule has 0 unspecified atom stereocenters. The predicted octanol–water partition coefficient (Wildman–Crippen LogP) is 3.20. The topological polar surface area (TPSA) is 46.5 Å². The van der Waals surface area contributed by atoms with Gasteiger partial charge in [-0.2, -0.15) is 0 Å². The van der Waals surface area contributed by atoms with E-state index >= 15 is 0 Å². The van der Waals surface area contributed by atoms with Gasteiger partial charge in [0.15, 0.2) is 0 Å². The zero-order valence-electron chi connectivity index (χ0n) is 10.8. The molecular weight excluding hydrogens is 240 g/mol. The number of aryl methyl sites for hydroxylation is 1. The number of aliphatic carboxylic acids is 1. The molecule has 0 saturated heterocycles. The molecule has 3 nitrogen and oxygen atoms in total. The summed E-state index contributed by atoms with van der Waals surface area (Å²) in [5, 5.41) is 8.69. The first-order chi connectivity index (χ1) is 9.15. The van der Waals surface area contributed by atoms with Crippen LogP contribution in [0.5, 0.6) is 5.75 Å². The zero-order valence-corrected chi connectivity index (χ0v) is 10.8. The van der Waals surface area contributed by atoms with Crippen molar-refractivity contribution in [2.24, 2.45) is 0 Å². The van der Waals surface area contributed by atoms with Gasteiger partial charge in [-0.1, -0.05) is 42.5 Å². The lowest BCUT2D eigenvalue weighted by Gasteiger charge is -2.09. The number of carbonyl (C=O) groups is 1. The molecule has 0 spiro atoms. The Morgan fingerprint density at radius 1 is 1.05 bits per heavy atom. The first-order valence-electron chi connectivity index (χ1n) is 6.13. The van der Waals surface area contributed by atoms with Crippen LogP contribution in [0.1, 0.15) is 16.7 Å². The molecule has 0 heterocycles. The molecule has 0 amide bonds. The molecule has 0 saturated carbocycles. The van der Waals surface area contributed by atoms with Crippen LogP contribution in [0.3, 0.4) is 0 Å². The molecule has 2 aromatic carbocycles. The highest BCUT2D eigenvalue weighted by Crippen LogP contribution is 2.18. The van der Waals surface area contributed by atoms with Gasteiger partial charge in [-0.15, -0.1) is 0 Å². The van der Waals surface area contributed by atoms with E-state index < -0.39 is 5.97 Å². The fraction of sp³-hybridized carbons (Fsp3) is 0.188. The number of hydrogen-bond donors (Lipinski definition) is 1. The van der Waals surface area contributed by atoms with Gasteiger partial charge < -0.3 is 9.84 Å². The first kappa shape index (κ1) is 13.1. The third-order valence-electron chi connectivity index (χ3n) is 2.87. The monoisotopic (exact) mass is 256 g/mol. The van der Waals surface area contributed by atoms with Gasteiger partial charge in [0.25, 0.3) is 0 Å². The molecule has 0 bridgehead atoms. The predicted molar refractivity (Wildman–Crippen MR) is 73.3 cm³/mol. The van der Waals surface area contributed by atoms with E-state index in [1.54, 1.807) is 0 Å². The summed E-state index contributed by atoms with van der Waals surface area (Å²) in [5.41, 5.74) is 2.93. The average molecular weight is 256 g/mol. The molecule has 19 heavy (non-hydrogen) atoms. The Labute approximate surface area is 112 Å². The van der Waals surface area contributed by atoms with Crippen molar-refractivity contribution < 1.29 is 14.6 Å². The van der Waals surface area contributed by atoms with E-state index in [4.69, 9.17) is 9.84 Å². The molecule has 0 radical (unpaired) electrons. The summed E-state index contributed by atoms with van der Waals surface area (Å²) < 4.78 is 5.73. The third-order valence-corrected chi connectivity index (χ3v) is 2.87. The highest BCUT2D eigenvalue weighted by Gasteiger charge is 2.02. The number of rotatable bonds is 5. The standard InChI is InChI=1S/C16H16O3/c1-12-4-2-3-5-15(12)19-11-14-8-6-13(7-9-14)10-16(17)18/h2-9H,10-11H2,1H3,(H,17,18). The van der Waals surface area contributed by atoms with Crippen LogP contribution < -0.4 is 4.74 Å². The summed E-state index contributed by atoms with van der Waals surface area (Å²) in [4.78, 5) is 10.6. The summed E-state index contributed by atoms with van der Waals surface area (Å²) >= 11 is 0. The van der Waals surface area contributed by atoms with Gasteiger partial charge in [0, 0.05) is 0 Å². The average Bonchev–Trinajstić information content (AvgIpc) is 2.39. The third kappa shape index (κ3) is 3.85. The fourth-order valence-corrected chi connectivity index (χ4v) is 1.81. The van der Waals surface area contributed by atoms with Crippen LogP contribution >= 0.6 is 0 Å². The first-order valence-corrected chi connectivity index (χ1v) is 6.13. The van der Waals surface area contributed by atoms with E-state index in [1.807, 2.05) is 55.5 Å². The van der Waals surface area contributed by atoms with Crippen LogP contribution in [0.4, 0.5) is 0 Å². The summed E-state index contributed by atoms with van der Waals surface area (Å²) in [5.74, 6) is 0.0565. The number of benzene rings is 2. The van der Waals surface area contributed by atoms with Crippen molar-refractivity contribution in [3.8, 4) is 5.75 Å². The maximum Gasteiger partial charge on any atom is 0.307 e. The Balaban J connectivity index is 1.97. The van der Waals surface area contributed by atoms with Crippen LogP contribution in [-0.4, -0.2) is 11.1 Å². The van der Waals surface area contributed by atoms with Gasteiger partial charge in [-0.25, -0.2) is 0 Å². The van der Waals surface area contributed by atoms with E-state index in [9.17, 15) is 4.79 Å². The molecule has 2 rings (SSSR count). The second-order valence-corrected chi connectivity index (χ2v) is 4.44. The molecule has 0 atom stereocenters. The van der Waals surface area contributed by atoms with Crippen molar-refractivity contribution >= 4 is 5.97 Å². The number of hydrogen-bond acceptors (Lipinski definition) is 2. The minimum atomic E-state index is -0.816. The van der Waals surface area contributed by atoms with Crippen molar-refractivity contribution in [2.75, 3.05) is 0 Å². The number of carboxylic acids is 1. The molecule has 0 aliphatic rings. The van der Waals surface area contributed by atoms with Crippen LogP contribution in [0, 0.1) is 6.92 Å². The minimum absolute atomic E-state index is 0.0545. The van der Waals surface area contributed by atoms with Gasteiger partial charge >= 0.3 is 5.97 Å². The molecule has 98 valence electrons.